The van der Waals surface area contributed by atoms with Crippen LogP contribution in [-0.4, -0.2) is 49.5 Å². The summed E-state index contributed by atoms with van der Waals surface area (Å²) in [5, 5.41) is -0.0507. The predicted octanol–water partition coefficient (Wildman–Crippen LogP) is 2.44. The third-order valence-corrected chi connectivity index (χ3v) is 7.87. The van der Waals surface area contributed by atoms with Gasteiger partial charge in [-0.25, -0.2) is 22.7 Å². The van der Waals surface area contributed by atoms with Crippen LogP contribution in [0.2, 0.25) is 5.02 Å². The molecule has 3 aromatic rings. The van der Waals surface area contributed by atoms with Crippen LogP contribution in [-0.2, 0) is 31.3 Å². The van der Waals surface area contributed by atoms with Crippen molar-refractivity contribution in [3.63, 3.8) is 0 Å². The van der Waals surface area contributed by atoms with E-state index in [9.17, 15) is 22.8 Å². The summed E-state index contributed by atoms with van der Waals surface area (Å²) < 4.78 is 40.7. The molecule has 1 aromatic heterocycles. The lowest BCUT2D eigenvalue weighted by molar-refractivity contribution is -0.145. The molecule has 0 N–H and O–H groups in total. The van der Waals surface area contributed by atoms with Gasteiger partial charge in [0.15, 0.2) is 0 Å². The van der Waals surface area contributed by atoms with E-state index < -0.39 is 33.6 Å². The van der Waals surface area contributed by atoms with Crippen LogP contribution < -0.4 is 9.86 Å². The van der Waals surface area contributed by atoms with Gasteiger partial charge < -0.3 is 9.47 Å². The molecule has 0 amide bonds. The first-order chi connectivity index (χ1) is 16.5. The van der Waals surface area contributed by atoms with Gasteiger partial charge in [0.2, 0.25) is 6.10 Å². The zero-order valence-electron chi connectivity index (χ0n) is 19.1. The lowest BCUT2D eigenvalue weighted by Crippen LogP contribution is -2.32. The summed E-state index contributed by atoms with van der Waals surface area (Å²) in [6.45, 7) is 1.76. The van der Waals surface area contributed by atoms with Crippen LogP contribution in [0.4, 0.5) is 5.69 Å². The third-order valence-electron chi connectivity index (χ3n) is 5.79. The summed E-state index contributed by atoms with van der Waals surface area (Å²) in [7, 11) is -1.37. The molecule has 0 saturated carbocycles. The van der Waals surface area contributed by atoms with E-state index in [2.05, 4.69) is 0 Å². The van der Waals surface area contributed by atoms with Crippen LogP contribution in [0.5, 0.6) is 0 Å². The number of ether oxygens (including phenoxy) is 2. The molecule has 12 heteroatoms. The van der Waals surface area contributed by atoms with Crippen molar-refractivity contribution >= 4 is 39.3 Å². The van der Waals surface area contributed by atoms with Gasteiger partial charge in [0, 0.05) is 20.5 Å². The molecule has 1 fully saturated rings. The molecule has 184 valence electrons. The number of rotatable bonds is 6. The van der Waals surface area contributed by atoms with Crippen molar-refractivity contribution in [2.75, 3.05) is 18.0 Å². The van der Waals surface area contributed by atoms with Gasteiger partial charge in [0.05, 0.1) is 33.5 Å². The number of para-hydroxylation sites is 1. The molecule has 1 aliphatic heterocycles. The Hall–Kier alpha value is -3.57. The number of anilines is 1. The molecule has 0 bridgehead atoms. The topological polar surface area (TPSA) is 117 Å². The number of carbonyl (C=O) groups is 2. The number of carbonyl (C=O) groups excluding carboxylic acids is 2. The molecule has 0 aliphatic carbocycles. The number of benzene rings is 2. The Balaban J connectivity index is 1.72. The summed E-state index contributed by atoms with van der Waals surface area (Å²) in [5.41, 5.74) is 0.174. The maximum absolute atomic E-state index is 13.5. The predicted molar refractivity (Wildman–Crippen MR) is 128 cm³/mol. The van der Waals surface area contributed by atoms with Crippen molar-refractivity contribution in [3.05, 3.63) is 75.2 Å². The maximum Gasteiger partial charge on any atom is 0.347 e. The smallest absolute Gasteiger partial charge is 0.347 e. The monoisotopic (exact) mass is 519 g/mol. The SMILES string of the molecule is Cc1c(N(C)S(=O)(=O)c2ccc(Cl)c(C(=O)OC3CCOC3=O)c2)c(=O)n(-c2ccccc2)n1C. The highest BCUT2D eigenvalue weighted by molar-refractivity contribution is 7.92. The summed E-state index contributed by atoms with van der Waals surface area (Å²) in [5.74, 6) is -1.63. The second-order valence-electron chi connectivity index (χ2n) is 7.87. The van der Waals surface area contributed by atoms with Crippen molar-refractivity contribution in [2.45, 2.75) is 24.3 Å². The summed E-state index contributed by atoms with van der Waals surface area (Å²) >= 11 is 6.12. The quantitative estimate of drug-likeness (QED) is 0.459. The zero-order valence-corrected chi connectivity index (χ0v) is 20.7. The largest absolute Gasteiger partial charge is 0.463 e. The van der Waals surface area contributed by atoms with E-state index in [-0.39, 0.29) is 34.2 Å². The average molecular weight is 520 g/mol. The van der Waals surface area contributed by atoms with Crippen molar-refractivity contribution in [1.82, 2.24) is 9.36 Å². The van der Waals surface area contributed by atoms with Gasteiger partial charge in [-0.1, -0.05) is 29.8 Å². The second-order valence-corrected chi connectivity index (χ2v) is 10.3. The minimum Gasteiger partial charge on any atom is -0.463 e. The number of esters is 2. The van der Waals surface area contributed by atoms with Gasteiger partial charge in [-0.15, -0.1) is 0 Å². The first-order valence-corrected chi connectivity index (χ1v) is 12.4. The lowest BCUT2D eigenvalue weighted by atomic mass is 10.2. The van der Waals surface area contributed by atoms with E-state index in [1.165, 1.54) is 23.9 Å². The highest BCUT2D eigenvalue weighted by atomic mass is 35.5. The Bertz CT molecular complexity index is 1480. The summed E-state index contributed by atoms with van der Waals surface area (Å²) in [6, 6.07) is 12.3. The Kier molecular flexibility index (Phi) is 6.48. The molecule has 0 radical (unpaired) electrons. The highest BCUT2D eigenvalue weighted by Gasteiger charge is 2.33. The molecule has 1 atom stereocenters. The fourth-order valence-electron chi connectivity index (χ4n) is 3.79. The molecule has 1 saturated heterocycles. The van der Waals surface area contributed by atoms with Crippen LogP contribution in [0.15, 0.2) is 58.2 Å². The molecule has 2 heterocycles. The van der Waals surface area contributed by atoms with Crippen LogP contribution in [0.1, 0.15) is 22.5 Å². The van der Waals surface area contributed by atoms with E-state index in [0.29, 0.717) is 11.4 Å². The normalized spacial score (nSPS) is 15.7. The molecule has 10 nitrogen and oxygen atoms in total. The van der Waals surface area contributed by atoms with E-state index in [1.807, 2.05) is 0 Å². The van der Waals surface area contributed by atoms with E-state index in [0.717, 1.165) is 10.4 Å². The van der Waals surface area contributed by atoms with Gasteiger partial charge in [-0.2, -0.15) is 0 Å². The number of sulfonamides is 1. The zero-order chi connectivity index (χ0) is 25.5. The van der Waals surface area contributed by atoms with E-state index >= 15 is 0 Å². The Labute approximate surface area is 206 Å². The minimum absolute atomic E-state index is 0.0507. The Morgan fingerprint density at radius 1 is 1.17 bits per heavy atom. The summed E-state index contributed by atoms with van der Waals surface area (Å²) in [6.07, 6.45) is -0.880. The van der Waals surface area contributed by atoms with Gasteiger partial charge in [0.1, 0.15) is 5.69 Å². The molecule has 1 aliphatic rings. The number of aromatic nitrogens is 2. The minimum atomic E-state index is -4.28. The van der Waals surface area contributed by atoms with Gasteiger partial charge in [-0.05, 0) is 37.3 Å². The number of cyclic esters (lactones) is 1. The highest BCUT2D eigenvalue weighted by Crippen LogP contribution is 2.28. The molecular weight excluding hydrogens is 498 g/mol. The number of hydrogen-bond donors (Lipinski definition) is 0. The molecular formula is C23H22ClN3O7S. The van der Waals surface area contributed by atoms with Crippen LogP contribution >= 0.6 is 11.6 Å². The molecule has 35 heavy (non-hydrogen) atoms. The van der Waals surface area contributed by atoms with Crippen molar-refractivity contribution in [3.8, 4) is 5.69 Å². The first-order valence-electron chi connectivity index (χ1n) is 10.5. The van der Waals surface area contributed by atoms with Gasteiger partial charge in [-0.3, -0.25) is 13.8 Å². The fourth-order valence-corrected chi connectivity index (χ4v) is 5.26. The Morgan fingerprint density at radius 2 is 1.86 bits per heavy atom. The Morgan fingerprint density at radius 3 is 2.49 bits per heavy atom. The average Bonchev–Trinajstić information content (AvgIpc) is 3.33. The maximum atomic E-state index is 13.5. The second kappa shape index (κ2) is 9.23. The van der Waals surface area contributed by atoms with Crippen LogP contribution in [0.25, 0.3) is 5.69 Å². The van der Waals surface area contributed by atoms with Crippen LogP contribution in [0, 0.1) is 6.92 Å². The number of halogens is 1. The number of nitrogens with zero attached hydrogens (tertiary/aromatic N) is 3. The molecule has 4 rings (SSSR count). The van der Waals surface area contributed by atoms with Crippen molar-refractivity contribution in [2.24, 2.45) is 7.05 Å². The number of hydrogen-bond acceptors (Lipinski definition) is 7. The van der Waals surface area contributed by atoms with Gasteiger partial charge >= 0.3 is 11.9 Å². The fraction of sp³-hybridized carbons (Fsp3) is 0.261. The van der Waals surface area contributed by atoms with Crippen LogP contribution in [0.3, 0.4) is 0 Å². The van der Waals surface area contributed by atoms with Crippen molar-refractivity contribution in [1.29, 1.82) is 0 Å². The summed E-state index contributed by atoms with van der Waals surface area (Å²) in [4.78, 5) is 37.2. The standard InChI is InChI=1S/C23H22ClN3O7S/c1-14-20(21(28)27(25(14)2)15-7-5-4-6-8-15)26(3)35(31,32)16-9-10-18(24)17(13-16)22(29)34-19-11-12-33-23(19)30/h4-10,13,19H,11-12H2,1-3H3. The van der Waals surface area contributed by atoms with Crippen molar-refractivity contribution < 1.29 is 27.5 Å². The van der Waals surface area contributed by atoms with Gasteiger partial charge in [0.25, 0.3) is 15.6 Å². The molecule has 2 aromatic carbocycles. The third kappa shape index (κ3) is 4.32. The molecule has 0 spiro atoms. The molecule has 1 unspecified atom stereocenters. The first kappa shape index (κ1) is 24.6. The lowest BCUT2D eigenvalue weighted by Gasteiger charge is -2.19. The van der Waals surface area contributed by atoms with E-state index in [1.54, 1.807) is 49.0 Å². The van der Waals surface area contributed by atoms with E-state index in [4.69, 9.17) is 21.1 Å².